The summed E-state index contributed by atoms with van der Waals surface area (Å²) in [6.45, 7) is 2.87. The van der Waals surface area contributed by atoms with Crippen LogP contribution in [0.25, 0.3) is 10.8 Å². The first kappa shape index (κ1) is 12.0. The van der Waals surface area contributed by atoms with Gasteiger partial charge >= 0.3 is 0 Å². The molecule has 0 spiro atoms. The molecule has 0 amide bonds. The summed E-state index contributed by atoms with van der Waals surface area (Å²) in [5.41, 5.74) is 0. The van der Waals surface area contributed by atoms with E-state index in [1.807, 2.05) is 30.3 Å². The quantitative estimate of drug-likeness (QED) is 0.757. The van der Waals surface area contributed by atoms with Gasteiger partial charge in [0.25, 0.3) is 0 Å². The van der Waals surface area contributed by atoms with E-state index in [0.717, 1.165) is 35.5 Å². The summed E-state index contributed by atoms with van der Waals surface area (Å²) in [5.74, 6) is 1.77. The van der Waals surface area contributed by atoms with Crippen molar-refractivity contribution in [2.45, 2.75) is 12.2 Å². The first-order chi connectivity index (χ1) is 9.88. The fourth-order valence-electron chi connectivity index (χ4n) is 2.15. The van der Waals surface area contributed by atoms with E-state index in [9.17, 15) is 0 Å². The Morgan fingerprint density at radius 3 is 2.45 bits per heavy atom. The molecule has 2 aliphatic rings. The molecule has 0 radical (unpaired) electrons. The van der Waals surface area contributed by atoms with E-state index in [-0.39, 0.29) is 12.2 Å². The van der Waals surface area contributed by atoms with Crippen LogP contribution in [0, 0.1) is 0 Å². The Morgan fingerprint density at radius 1 is 0.950 bits per heavy atom. The van der Waals surface area contributed by atoms with Crippen LogP contribution in [0.2, 0.25) is 0 Å². The SMILES string of the molecule is c1cc(OC[C@@H]2CO2)c2ccc(OC[C@@H]3CO3)cc2c1. The van der Waals surface area contributed by atoms with E-state index in [0.29, 0.717) is 13.2 Å². The van der Waals surface area contributed by atoms with E-state index < -0.39 is 0 Å². The van der Waals surface area contributed by atoms with Crippen molar-refractivity contribution >= 4 is 10.8 Å². The van der Waals surface area contributed by atoms with E-state index in [1.165, 1.54) is 0 Å². The maximum absolute atomic E-state index is 5.81. The molecule has 4 heteroatoms. The Balaban J connectivity index is 1.54. The minimum Gasteiger partial charge on any atom is -0.491 e. The Bertz CT molecular complexity index is 617. The van der Waals surface area contributed by atoms with Crippen LogP contribution in [0.4, 0.5) is 0 Å². The summed E-state index contributed by atoms with van der Waals surface area (Å²) in [7, 11) is 0. The molecular formula is C16H16O4. The van der Waals surface area contributed by atoms with Crippen LogP contribution in [0.1, 0.15) is 0 Å². The molecule has 0 aliphatic carbocycles. The molecule has 2 aliphatic heterocycles. The molecule has 2 heterocycles. The molecule has 2 fully saturated rings. The normalized spacial score (nSPS) is 23.6. The number of hydrogen-bond acceptors (Lipinski definition) is 4. The third-order valence-electron chi connectivity index (χ3n) is 3.48. The van der Waals surface area contributed by atoms with Gasteiger partial charge in [-0.25, -0.2) is 0 Å². The van der Waals surface area contributed by atoms with Gasteiger partial charge < -0.3 is 18.9 Å². The molecule has 0 unspecified atom stereocenters. The molecule has 104 valence electrons. The maximum Gasteiger partial charge on any atom is 0.127 e. The Morgan fingerprint density at radius 2 is 1.70 bits per heavy atom. The van der Waals surface area contributed by atoms with Crippen molar-refractivity contribution in [3.8, 4) is 11.5 Å². The zero-order valence-electron chi connectivity index (χ0n) is 11.1. The van der Waals surface area contributed by atoms with Crippen molar-refractivity contribution in [3.63, 3.8) is 0 Å². The van der Waals surface area contributed by atoms with Crippen molar-refractivity contribution in [2.75, 3.05) is 26.4 Å². The van der Waals surface area contributed by atoms with Gasteiger partial charge in [-0.15, -0.1) is 0 Å². The number of epoxide rings is 2. The molecule has 4 nitrogen and oxygen atoms in total. The Hall–Kier alpha value is -1.78. The first-order valence-electron chi connectivity index (χ1n) is 6.90. The lowest BCUT2D eigenvalue weighted by atomic mass is 10.1. The molecule has 2 aromatic rings. The summed E-state index contributed by atoms with van der Waals surface area (Å²) in [5, 5.41) is 2.22. The number of fused-ring (bicyclic) bond motifs is 1. The van der Waals surface area contributed by atoms with Crippen molar-refractivity contribution in [1.29, 1.82) is 0 Å². The zero-order chi connectivity index (χ0) is 13.4. The fourth-order valence-corrected chi connectivity index (χ4v) is 2.15. The van der Waals surface area contributed by atoms with Crippen molar-refractivity contribution < 1.29 is 18.9 Å². The number of benzene rings is 2. The van der Waals surface area contributed by atoms with Gasteiger partial charge in [0.05, 0.1) is 13.2 Å². The van der Waals surface area contributed by atoms with Crippen LogP contribution in [0.5, 0.6) is 11.5 Å². The molecule has 0 aromatic heterocycles. The monoisotopic (exact) mass is 272 g/mol. The van der Waals surface area contributed by atoms with Gasteiger partial charge in [0.15, 0.2) is 0 Å². The van der Waals surface area contributed by atoms with E-state index in [1.54, 1.807) is 0 Å². The van der Waals surface area contributed by atoms with Crippen LogP contribution in [-0.2, 0) is 9.47 Å². The maximum atomic E-state index is 5.81. The van der Waals surface area contributed by atoms with Gasteiger partial charge in [0.2, 0.25) is 0 Å². The second-order valence-corrected chi connectivity index (χ2v) is 5.17. The topological polar surface area (TPSA) is 43.5 Å². The van der Waals surface area contributed by atoms with Crippen molar-refractivity contribution in [1.82, 2.24) is 0 Å². The van der Waals surface area contributed by atoms with E-state index >= 15 is 0 Å². The van der Waals surface area contributed by atoms with Crippen LogP contribution >= 0.6 is 0 Å². The van der Waals surface area contributed by atoms with Gasteiger partial charge in [-0.05, 0) is 29.7 Å². The number of ether oxygens (including phenoxy) is 4. The molecule has 20 heavy (non-hydrogen) atoms. The molecule has 0 saturated carbocycles. The van der Waals surface area contributed by atoms with Gasteiger partial charge in [-0.1, -0.05) is 12.1 Å². The highest BCUT2D eigenvalue weighted by Crippen LogP contribution is 2.29. The van der Waals surface area contributed by atoms with Crippen molar-refractivity contribution in [3.05, 3.63) is 36.4 Å². The molecule has 2 saturated heterocycles. The highest BCUT2D eigenvalue weighted by Gasteiger charge is 2.24. The molecular weight excluding hydrogens is 256 g/mol. The third kappa shape index (κ3) is 2.71. The van der Waals surface area contributed by atoms with E-state index in [2.05, 4.69) is 6.07 Å². The highest BCUT2D eigenvalue weighted by atomic mass is 16.6. The lowest BCUT2D eigenvalue weighted by Gasteiger charge is -2.10. The molecule has 2 aromatic carbocycles. The lowest BCUT2D eigenvalue weighted by molar-refractivity contribution is 0.263. The third-order valence-corrected chi connectivity index (χ3v) is 3.48. The zero-order valence-corrected chi connectivity index (χ0v) is 11.1. The number of hydrogen-bond donors (Lipinski definition) is 0. The summed E-state index contributed by atoms with van der Waals surface area (Å²) < 4.78 is 21.8. The average molecular weight is 272 g/mol. The Kier molecular flexibility index (Phi) is 2.98. The van der Waals surface area contributed by atoms with Crippen LogP contribution in [-0.4, -0.2) is 38.6 Å². The minimum atomic E-state index is 0.270. The summed E-state index contributed by atoms with van der Waals surface area (Å²) in [6, 6.07) is 12.1. The Labute approximate surface area is 117 Å². The van der Waals surface area contributed by atoms with Crippen molar-refractivity contribution in [2.24, 2.45) is 0 Å². The standard InChI is InChI=1S/C16H16O4/c1-2-11-6-12(17-7-13-8-18-13)4-5-15(11)16(3-1)20-10-14-9-19-14/h1-6,13-14H,7-10H2/t13-,14+/m1/s1. The molecule has 0 N–H and O–H groups in total. The van der Waals surface area contributed by atoms with Gasteiger partial charge in [0, 0.05) is 5.39 Å². The number of rotatable bonds is 6. The van der Waals surface area contributed by atoms with Gasteiger partial charge in [0.1, 0.15) is 36.9 Å². The average Bonchev–Trinajstić information content (AvgIpc) is 3.37. The summed E-state index contributed by atoms with van der Waals surface area (Å²) in [4.78, 5) is 0. The lowest BCUT2D eigenvalue weighted by Crippen LogP contribution is -2.05. The largest absolute Gasteiger partial charge is 0.491 e. The molecule has 0 bridgehead atoms. The molecule has 4 rings (SSSR count). The smallest absolute Gasteiger partial charge is 0.127 e. The minimum absolute atomic E-state index is 0.270. The van der Waals surface area contributed by atoms with E-state index in [4.69, 9.17) is 18.9 Å². The first-order valence-corrected chi connectivity index (χ1v) is 6.90. The van der Waals surface area contributed by atoms with Gasteiger partial charge in [-0.3, -0.25) is 0 Å². The second kappa shape index (κ2) is 4.96. The van der Waals surface area contributed by atoms with Gasteiger partial charge in [-0.2, -0.15) is 0 Å². The predicted molar refractivity (Wildman–Crippen MR) is 74.4 cm³/mol. The van der Waals surface area contributed by atoms with Crippen LogP contribution in [0.3, 0.4) is 0 Å². The summed E-state index contributed by atoms with van der Waals surface area (Å²) >= 11 is 0. The predicted octanol–water partition coefficient (Wildman–Crippen LogP) is 2.40. The van der Waals surface area contributed by atoms with Crippen LogP contribution < -0.4 is 9.47 Å². The highest BCUT2D eigenvalue weighted by molar-refractivity contribution is 5.89. The second-order valence-electron chi connectivity index (χ2n) is 5.17. The summed E-state index contributed by atoms with van der Waals surface area (Å²) in [6.07, 6.45) is 0.547. The fraction of sp³-hybridized carbons (Fsp3) is 0.375. The van der Waals surface area contributed by atoms with Crippen LogP contribution in [0.15, 0.2) is 36.4 Å². The molecule has 2 atom stereocenters.